The molecule has 1 heterocycles. The first-order valence-electron chi connectivity index (χ1n) is 2.52. The van der Waals surface area contributed by atoms with E-state index >= 15 is 0 Å². The van der Waals surface area contributed by atoms with Crippen LogP contribution in [0, 0.1) is 0 Å². The molecule has 1 N–H and O–H groups in total. The minimum atomic E-state index is 0.736. The second-order valence-electron chi connectivity index (χ2n) is 1.74. The minimum Gasteiger partial charge on any atom is -0.354 e. The molecule has 0 aromatic rings. The molecule has 3 heteroatoms. The van der Waals surface area contributed by atoms with Gasteiger partial charge in [0, 0.05) is 14.4 Å². The number of hydrogen-bond donors (Lipinski definition) is 1. The number of nitrogens with zero attached hydrogens (tertiary/aromatic N) is 1. The molecule has 0 spiro atoms. The van der Waals surface area contributed by atoms with E-state index in [0.717, 1.165) is 14.4 Å². The largest absolute Gasteiger partial charge is 0.354 e. The van der Waals surface area contributed by atoms with E-state index in [-0.39, 0.29) is 0 Å². The summed E-state index contributed by atoms with van der Waals surface area (Å²) in [5.41, 5.74) is 1.15. The first kappa shape index (κ1) is 5.77. The highest BCUT2D eigenvalue weighted by atomic mass is 31.1. The van der Waals surface area contributed by atoms with Crippen LogP contribution < -0.4 is 5.09 Å². The molecule has 0 amide bonds. The van der Waals surface area contributed by atoms with Crippen molar-refractivity contribution >= 4 is 15.1 Å². The maximum Gasteiger partial charge on any atom is 0.0915 e. The highest BCUT2D eigenvalue weighted by Gasteiger charge is 1.96. The van der Waals surface area contributed by atoms with Gasteiger partial charge in [-0.3, -0.25) is 0 Å². The minimum absolute atomic E-state index is 0.736. The Kier molecular flexibility index (Phi) is 1.64. The van der Waals surface area contributed by atoms with Gasteiger partial charge in [-0.2, -0.15) is 0 Å². The van der Waals surface area contributed by atoms with E-state index in [4.69, 9.17) is 0 Å². The molecule has 0 fully saturated rings. The van der Waals surface area contributed by atoms with Crippen molar-refractivity contribution in [3.63, 3.8) is 0 Å². The van der Waals surface area contributed by atoms with Crippen LogP contribution >= 0.6 is 8.73 Å². The van der Waals surface area contributed by atoms with Gasteiger partial charge in [0.05, 0.1) is 6.34 Å². The summed E-state index contributed by atoms with van der Waals surface area (Å²) in [7, 11) is 0.736. The van der Waals surface area contributed by atoms with Crippen molar-refractivity contribution in [2.75, 3.05) is 0 Å². The summed E-state index contributed by atoms with van der Waals surface area (Å²) in [6, 6.07) is 0. The van der Waals surface area contributed by atoms with Gasteiger partial charge in [-0.15, -0.1) is 0 Å². The zero-order valence-corrected chi connectivity index (χ0v) is 6.02. The highest BCUT2D eigenvalue weighted by molar-refractivity contribution is 7.41. The molecule has 0 saturated carbocycles. The van der Waals surface area contributed by atoms with Crippen LogP contribution in [0.4, 0.5) is 0 Å². The van der Waals surface area contributed by atoms with E-state index in [2.05, 4.69) is 17.0 Å². The number of hydrogen-bond acceptors (Lipinski definition) is 2. The zero-order chi connectivity index (χ0) is 5.98. The Labute approximate surface area is 50.9 Å². The maximum absolute atomic E-state index is 4.06. The second kappa shape index (κ2) is 2.27. The van der Waals surface area contributed by atoms with E-state index < -0.39 is 0 Å². The van der Waals surface area contributed by atoms with Crippen molar-refractivity contribution < 1.29 is 0 Å². The Morgan fingerprint density at radius 2 is 2.38 bits per heavy atom. The van der Waals surface area contributed by atoms with Crippen LogP contribution in [0.25, 0.3) is 0 Å². The molecule has 0 bridgehead atoms. The van der Waals surface area contributed by atoms with Crippen molar-refractivity contribution in [2.24, 2.45) is 4.99 Å². The fourth-order valence-electron chi connectivity index (χ4n) is 0.457. The Morgan fingerprint density at radius 1 is 1.62 bits per heavy atom. The molecule has 8 heavy (non-hydrogen) atoms. The molecule has 1 rings (SSSR count). The van der Waals surface area contributed by atoms with Crippen LogP contribution in [-0.2, 0) is 0 Å². The third kappa shape index (κ3) is 1.07. The quantitative estimate of drug-likeness (QED) is 0.491. The molecule has 1 atom stereocenters. The molecule has 0 saturated heterocycles. The predicted molar refractivity (Wildman–Crippen MR) is 38.3 cm³/mol. The van der Waals surface area contributed by atoms with E-state index in [1.165, 1.54) is 5.31 Å². The van der Waals surface area contributed by atoms with Gasteiger partial charge in [0.2, 0.25) is 0 Å². The van der Waals surface area contributed by atoms with Crippen LogP contribution in [0.15, 0.2) is 16.0 Å². The Balaban J connectivity index is 2.76. The lowest BCUT2D eigenvalue weighted by Crippen LogP contribution is -2.01. The molecule has 0 aromatic heterocycles. The molecular formula is C5H9N2P. The molecule has 2 nitrogen and oxygen atoms in total. The lowest BCUT2D eigenvalue weighted by molar-refractivity contribution is 1.24. The molecule has 1 aliphatic heterocycles. The Bertz CT molecular complexity index is 149. The summed E-state index contributed by atoms with van der Waals surface area (Å²) < 4.78 is 0. The van der Waals surface area contributed by atoms with Crippen LogP contribution in [-0.4, -0.2) is 6.34 Å². The average Bonchev–Trinajstić information content (AvgIpc) is 1.77. The molecule has 0 radical (unpaired) electrons. The molecule has 44 valence electrons. The van der Waals surface area contributed by atoms with Crippen LogP contribution in [0.5, 0.6) is 0 Å². The van der Waals surface area contributed by atoms with Crippen molar-refractivity contribution in [1.82, 2.24) is 5.09 Å². The third-order valence-electron chi connectivity index (χ3n) is 1.13. The van der Waals surface area contributed by atoms with E-state index in [0.29, 0.717) is 0 Å². The van der Waals surface area contributed by atoms with Crippen molar-refractivity contribution in [3.05, 3.63) is 11.0 Å². The van der Waals surface area contributed by atoms with Crippen LogP contribution in [0.1, 0.15) is 13.8 Å². The van der Waals surface area contributed by atoms with Crippen LogP contribution in [0.3, 0.4) is 0 Å². The number of nitrogens with one attached hydrogen (secondary N) is 1. The van der Waals surface area contributed by atoms with Crippen LogP contribution in [0.2, 0.25) is 0 Å². The number of rotatable bonds is 0. The predicted octanol–water partition coefficient (Wildman–Crippen LogP) is 1.46. The van der Waals surface area contributed by atoms with Gasteiger partial charge in [0.1, 0.15) is 0 Å². The van der Waals surface area contributed by atoms with Gasteiger partial charge in [-0.25, -0.2) is 4.99 Å². The highest BCUT2D eigenvalue weighted by Crippen LogP contribution is 2.24. The fourth-order valence-corrected chi connectivity index (χ4v) is 1.05. The first-order valence-corrected chi connectivity index (χ1v) is 3.52. The summed E-state index contributed by atoms with van der Waals surface area (Å²) in [6.45, 7) is 4.12. The summed E-state index contributed by atoms with van der Waals surface area (Å²) >= 11 is 0. The summed E-state index contributed by atoms with van der Waals surface area (Å²) in [4.78, 5) is 4.06. The van der Waals surface area contributed by atoms with Gasteiger partial charge in [0.15, 0.2) is 0 Å². The van der Waals surface area contributed by atoms with Crippen molar-refractivity contribution in [2.45, 2.75) is 13.8 Å². The molecule has 1 aliphatic rings. The van der Waals surface area contributed by atoms with Gasteiger partial charge in [-0.1, -0.05) is 0 Å². The summed E-state index contributed by atoms with van der Waals surface area (Å²) in [6.07, 6.45) is 1.75. The van der Waals surface area contributed by atoms with E-state index in [1.807, 2.05) is 6.92 Å². The average molecular weight is 128 g/mol. The zero-order valence-electron chi connectivity index (χ0n) is 5.02. The molecule has 0 aliphatic carbocycles. The normalized spacial score (nSPS) is 21.8. The molecular weight excluding hydrogens is 119 g/mol. The van der Waals surface area contributed by atoms with Gasteiger partial charge < -0.3 is 5.09 Å². The van der Waals surface area contributed by atoms with Gasteiger partial charge in [0.25, 0.3) is 0 Å². The lowest BCUT2D eigenvalue weighted by atomic mass is 10.5. The Morgan fingerprint density at radius 3 is 2.75 bits per heavy atom. The lowest BCUT2D eigenvalue weighted by Gasteiger charge is -2.07. The topological polar surface area (TPSA) is 24.4 Å². The maximum atomic E-state index is 4.06. The van der Waals surface area contributed by atoms with Crippen molar-refractivity contribution in [1.29, 1.82) is 0 Å². The Hall–Kier alpha value is -0.360. The number of allylic oxidation sites excluding steroid dienone is 2. The fraction of sp³-hybridized carbons (Fsp3) is 0.400. The number of aliphatic imine (C=N–C) groups is 1. The standard InChI is InChI=1S/C5H9N2P/c1-4-5(2)8-7-3-6-4/h3,8H,1-2H3,(H,6,7). The second-order valence-corrected chi connectivity index (χ2v) is 3.03. The smallest absolute Gasteiger partial charge is 0.0915 e. The first-order chi connectivity index (χ1) is 3.80. The monoisotopic (exact) mass is 128 g/mol. The SMILES string of the molecule is CC1=C(C)PNC=N1. The van der Waals surface area contributed by atoms with E-state index in [9.17, 15) is 0 Å². The third-order valence-corrected chi connectivity index (χ3v) is 2.14. The van der Waals surface area contributed by atoms with E-state index in [1.54, 1.807) is 6.34 Å². The summed E-state index contributed by atoms with van der Waals surface area (Å²) in [5, 5.41) is 4.40. The molecule has 1 unspecified atom stereocenters. The molecule has 0 aromatic carbocycles. The summed E-state index contributed by atoms with van der Waals surface area (Å²) in [5.74, 6) is 0. The van der Waals surface area contributed by atoms with Crippen molar-refractivity contribution in [3.8, 4) is 0 Å². The van der Waals surface area contributed by atoms with Gasteiger partial charge in [-0.05, 0) is 19.2 Å². The van der Waals surface area contributed by atoms with Gasteiger partial charge >= 0.3 is 0 Å².